The topological polar surface area (TPSA) is 54.9 Å². The molecule has 27 heavy (non-hydrogen) atoms. The van der Waals surface area contributed by atoms with Crippen LogP contribution in [-0.2, 0) is 4.79 Å². The molecule has 7 heteroatoms. The SMILES string of the molecule is CCCSc1nnc(NC(=O)/C(=C/c2ccccc2Cl)c2ccccc2)s1. The Kier molecular flexibility index (Phi) is 7.04. The van der Waals surface area contributed by atoms with Gasteiger partial charge in [-0.3, -0.25) is 10.1 Å². The summed E-state index contributed by atoms with van der Waals surface area (Å²) in [5.74, 6) is 0.730. The predicted molar refractivity (Wildman–Crippen MR) is 115 cm³/mol. The fraction of sp³-hybridized carbons (Fsp3) is 0.150. The molecule has 4 nitrogen and oxygen atoms in total. The van der Waals surface area contributed by atoms with Crippen LogP contribution in [-0.4, -0.2) is 21.9 Å². The van der Waals surface area contributed by atoms with Crippen LogP contribution in [0.5, 0.6) is 0 Å². The summed E-state index contributed by atoms with van der Waals surface area (Å²) in [6, 6.07) is 16.9. The molecule has 0 fully saturated rings. The van der Waals surface area contributed by atoms with Gasteiger partial charge >= 0.3 is 0 Å². The lowest BCUT2D eigenvalue weighted by molar-refractivity contribution is -0.111. The number of hydrogen-bond acceptors (Lipinski definition) is 5. The zero-order chi connectivity index (χ0) is 19.1. The van der Waals surface area contributed by atoms with E-state index in [0.29, 0.717) is 15.7 Å². The van der Waals surface area contributed by atoms with E-state index in [2.05, 4.69) is 22.4 Å². The summed E-state index contributed by atoms with van der Waals surface area (Å²) in [6.45, 7) is 2.11. The lowest BCUT2D eigenvalue weighted by Crippen LogP contribution is -2.13. The molecular weight excluding hydrogens is 398 g/mol. The third-order valence-electron chi connectivity index (χ3n) is 3.59. The Hall–Kier alpha value is -2.15. The van der Waals surface area contributed by atoms with Crippen molar-refractivity contribution in [2.75, 3.05) is 11.1 Å². The molecule has 3 rings (SSSR count). The van der Waals surface area contributed by atoms with E-state index in [1.54, 1.807) is 23.9 Å². The number of carbonyl (C=O) groups is 1. The maximum absolute atomic E-state index is 13.0. The van der Waals surface area contributed by atoms with Crippen LogP contribution < -0.4 is 5.32 Å². The van der Waals surface area contributed by atoms with Crippen molar-refractivity contribution in [3.05, 3.63) is 70.7 Å². The van der Waals surface area contributed by atoms with Crippen LogP contribution in [0.25, 0.3) is 11.6 Å². The number of aromatic nitrogens is 2. The molecule has 0 aliphatic heterocycles. The summed E-state index contributed by atoms with van der Waals surface area (Å²) >= 11 is 9.29. The fourth-order valence-corrected chi connectivity index (χ4v) is 4.18. The van der Waals surface area contributed by atoms with Crippen LogP contribution in [0.3, 0.4) is 0 Å². The van der Waals surface area contributed by atoms with E-state index in [1.807, 2.05) is 48.5 Å². The summed E-state index contributed by atoms with van der Waals surface area (Å²) in [6.07, 6.45) is 2.85. The standard InChI is InChI=1S/C20H18ClN3OS2/c1-2-12-26-20-24-23-19(27-20)22-18(25)16(14-8-4-3-5-9-14)13-15-10-6-7-11-17(15)21/h3-11,13H,2,12H2,1H3,(H,22,23,25)/b16-13+. The molecule has 0 saturated carbocycles. The van der Waals surface area contributed by atoms with Gasteiger partial charge in [0.2, 0.25) is 5.13 Å². The molecule has 3 aromatic rings. The van der Waals surface area contributed by atoms with E-state index in [1.165, 1.54) is 11.3 Å². The van der Waals surface area contributed by atoms with Crippen LogP contribution in [0.2, 0.25) is 5.02 Å². The maximum atomic E-state index is 13.0. The van der Waals surface area contributed by atoms with Crippen LogP contribution >= 0.6 is 34.7 Å². The molecule has 0 unspecified atom stereocenters. The van der Waals surface area contributed by atoms with E-state index in [0.717, 1.165) is 27.6 Å². The summed E-state index contributed by atoms with van der Waals surface area (Å²) in [7, 11) is 0. The van der Waals surface area contributed by atoms with Gasteiger partial charge in [-0.05, 0) is 29.7 Å². The maximum Gasteiger partial charge on any atom is 0.258 e. The van der Waals surface area contributed by atoms with Gasteiger partial charge in [0.15, 0.2) is 4.34 Å². The van der Waals surface area contributed by atoms with Crippen molar-refractivity contribution in [3.8, 4) is 0 Å². The molecule has 1 amide bonds. The number of halogens is 1. The smallest absolute Gasteiger partial charge is 0.258 e. The van der Waals surface area contributed by atoms with Crippen LogP contribution in [0.15, 0.2) is 58.9 Å². The molecule has 1 N–H and O–H groups in total. The molecule has 0 bridgehead atoms. The highest BCUT2D eigenvalue weighted by Gasteiger charge is 2.15. The third-order valence-corrected chi connectivity index (χ3v) is 6.11. The Morgan fingerprint density at radius 1 is 1.15 bits per heavy atom. The summed E-state index contributed by atoms with van der Waals surface area (Å²) < 4.78 is 0.850. The first-order valence-corrected chi connectivity index (χ1v) is 10.6. The average molecular weight is 416 g/mol. The van der Waals surface area contributed by atoms with Crippen molar-refractivity contribution < 1.29 is 4.79 Å². The highest BCUT2D eigenvalue weighted by atomic mass is 35.5. The normalized spacial score (nSPS) is 11.4. The number of carbonyl (C=O) groups excluding carboxylic acids is 1. The zero-order valence-electron chi connectivity index (χ0n) is 14.7. The van der Waals surface area contributed by atoms with E-state index in [9.17, 15) is 4.79 Å². The minimum Gasteiger partial charge on any atom is -0.296 e. The van der Waals surface area contributed by atoms with Crippen molar-refractivity contribution in [2.24, 2.45) is 0 Å². The first-order chi connectivity index (χ1) is 13.2. The summed E-state index contributed by atoms with van der Waals surface area (Å²) in [4.78, 5) is 13.0. The van der Waals surface area contributed by atoms with Crippen LogP contribution in [0.4, 0.5) is 5.13 Å². The molecule has 0 radical (unpaired) electrons. The van der Waals surface area contributed by atoms with Crippen LogP contribution in [0, 0.1) is 0 Å². The molecule has 0 aliphatic rings. The number of nitrogens with zero attached hydrogens (tertiary/aromatic N) is 2. The predicted octanol–water partition coefficient (Wildman–Crippen LogP) is 5.87. The van der Waals surface area contributed by atoms with E-state index >= 15 is 0 Å². The first-order valence-electron chi connectivity index (χ1n) is 8.46. The second kappa shape index (κ2) is 9.69. The number of amides is 1. The molecule has 1 heterocycles. The van der Waals surface area contributed by atoms with Crippen molar-refractivity contribution >= 4 is 57.4 Å². The first kappa shape index (κ1) is 19.6. The second-order valence-electron chi connectivity index (χ2n) is 5.62. The molecule has 0 aliphatic carbocycles. The number of nitrogens with one attached hydrogen (secondary N) is 1. The largest absolute Gasteiger partial charge is 0.296 e. The molecule has 138 valence electrons. The van der Waals surface area contributed by atoms with E-state index in [-0.39, 0.29) is 5.91 Å². The average Bonchev–Trinajstić information content (AvgIpc) is 3.13. The van der Waals surface area contributed by atoms with Crippen molar-refractivity contribution in [3.63, 3.8) is 0 Å². The molecule has 0 atom stereocenters. The van der Waals surface area contributed by atoms with Gasteiger partial charge in [-0.15, -0.1) is 10.2 Å². The second-order valence-corrected chi connectivity index (χ2v) is 8.35. The summed E-state index contributed by atoms with van der Waals surface area (Å²) in [5.41, 5.74) is 2.10. The van der Waals surface area contributed by atoms with Crippen molar-refractivity contribution in [2.45, 2.75) is 17.7 Å². The molecular formula is C20H18ClN3OS2. The molecule has 0 saturated heterocycles. The number of anilines is 1. The van der Waals surface area contributed by atoms with Gasteiger partial charge in [0, 0.05) is 16.3 Å². The minimum absolute atomic E-state index is 0.246. The van der Waals surface area contributed by atoms with Crippen molar-refractivity contribution in [1.82, 2.24) is 10.2 Å². The Morgan fingerprint density at radius 3 is 2.63 bits per heavy atom. The highest BCUT2D eigenvalue weighted by molar-refractivity contribution is 8.01. The van der Waals surface area contributed by atoms with Crippen LogP contribution in [0.1, 0.15) is 24.5 Å². The van der Waals surface area contributed by atoms with E-state index < -0.39 is 0 Å². The number of thioether (sulfide) groups is 1. The highest BCUT2D eigenvalue weighted by Crippen LogP contribution is 2.28. The fourth-order valence-electron chi connectivity index (χ4n) is 2.32. The number of rotatable bonds is 7. The number of hydrogen-bond donors (Lipinski definition) is 1. The van der Waals surface area contributed by atoms with Gasteiger partial charge in [-0.1, -0.05) is 90.2 Å². The molecule has 0 spiro atoms. The van der Waals surface area contributed by atoms with Gasteiger partial charge in [0.05, 0.1) is 0 Å². The Balaban J connectivity index is 1.88. The monoisotopic (exact) mass is 415 g/mol. The number of benzene rings is 2. The lowest BCUT2D eigenvalue weighted by Gasteiger charge is -2.08. The molecule has 1 aromatic heterocycles. The Bertz CT molecular complexity index is 941. The van der Waals surface area contributed by atoms with Gasteiger partial charge in [-0.25, -0.2) is 0 Å². The van der Waals surface area contributed by atoms with E-state index in [4.69, 9.17) is 11.6 Å². The Labute approximate surface area is 171 Å². The third kappa shape index (κ3) is 5.42. The lowest BCUT2D eigenvalue weighted by atomic mass is 10.0. The Morgan fingerprint density at radius 2 is 1.89 bits per heavy atom. The summed E-state index contributed by atoms with van der Waals surface area (Å²) in [5, 5.41) is 12.1. The zero-order valence-corrected chi connectivity index (χ0v) is 17.1. The minimum atomic E-state index is -0.246. The molecule has 2 aromatic carbocycles. The van der Waals surface area contributed by atoms with Gasteiger partial charge < -0.3 is 0 Å². The quantitative estimate of drug-likeness (QED) is 0.227. The van der Waals surface area contributed by atoms with Crippen molar-refractivity contribution in [1.29, 1.82) is 0 Å². The van der Waals surface area contributed by atoms with Gasteiger partial charge in [0.25, 0.3) is 5.91 Å². The van der Waals surface area contributed by atoms with Gasteiger partial charge in [0.1, 0.15) is 0 Å². The van der Waals surface area contributed by atoms with Gasteiger partial charge in [-0.2, -0.15) is 0 Å².